The van der Waals surface area contributed by atoms with Crippen LogP contribution in [0, 0.1) is 0 Å². The number of hydrogen-bond donors (Lipinski definition) is 0. The van der Waals surface area contributed by atoms with Gasteiger partial charge in [-0.15, -0.1) is 0 Å². The molecule has 1 saturated carbocycles. The highest BCUT2D eigenvalue weighted by Crippen LogP contribution is 2.21. The van der Waals surface area contributed by atoms with Gasteiger partial charge in [0.15, 0.2) is 16.9 Å². The predicted molar refractivity (Wildman–Crippen MR) is 59.8 cm³/mol. The third-order valence-corrected chi connectivity index (χ3v) is 5.68. The summed E-state index contributed by atoms with van der Waals surface area (Å²) in [6.07, 6.45) is 3.25. The molecule has 1 aliphatic rings. The maximum atomic E-state index is 11.7. The second-order valence-corrected chi connectivity index (χ2v) is 10.6. The molecule has 1 rings (SSSR count). The first-order valence-electron chi connectivity index (χ1n) is 5.03. The zero-order chi connectivity index (χ0) is 10.8. The van der Waals surface area contributed by atoms with Crippen LogP contribution in [0.1, 0.15) is 25.7 Å². The molecule has 0 radical (unpaired) electrons. The number of carbonyl (C=O) groups is 1. The molecule has 0 spiro atoms. The van der Waals surface area contributed by atoms with Crippen LogP contribution in [0.3, 0.4) is 0 Å². The number of rotatable bonds is 3. The molecule has 1 aliphatic carbocycles. The van der Waals surface area contributed by atoms with E-state index in [4.69, 9.17) is 3.87 Å². The van der Waals surface area contributed by atoms with Crippen molar-refractivity contribution in [2.75, 3.05) is 0 Å². The van der Waals surface area contributed by atoms with Crippen LogP contribution in [0.4, 0.5) is 0 Å². The van der Waals surface area contributed by atoms with Crippen molar-refractivity contribution < 1.29 is 12.9 Å². The van der Waals surface area contributed by atoms with E-state index < -0.39 is 19.4 Å². The molecule has 0 bridgehead atoms. The van der Waals surface area contributed by atoms with Gasteiger partial charge in [0, 0.05) is 6.42 Å². The zero-order valence-electron chi connectivity index (χ0n) is 9.04. The molecule has 1 fully saturated rings. The lowest BCUT2D eigenvalue weighted by molar-refractivity contribution is -0.119. The highest BCUT2D eigenvalue weighted by Gasteiger charge is 2.31. The molecule has 0 amide bonds. The Kier molecular flexibility index (Phi) is 4.03. The van der Waals surface area contributed by atoms with Crippen LogP contribution < -0.4 is 0 Å². The Bertz CT molecular complexity index is 247. The van der Waals surface area contributed by atoms with Crippen molar-refractivity contribution in [3.8, 4) is 0 Å². The summed E-state index contributed by atoms with van der Waals surface area (Å²) in [4.78, 5) is 11.5. The molecule has 0 saturated heterocycles. The van der Waals surface area contributed by atoms with Gasteiger partial charge in [0.05, 0.1) is 0 Å². The Balaban J connectivity index is 2.55. The van der Waals surface area contributed by atoms with Crippen LogP contribution in [-0.2, 0) is 19.7 Å². The minimum absolute atomic E-state index is 0.118. The molecule has 82 valence electrons. The first-order chi connectivity index (χ1) is 6.40. The van der Waals surface area contributed by atoms with E-state index in [0.717, 1.165) is 19.3 Å². The highest BCUT2D eigenvalue weighted by atomic mass is 32.2. The largest absolute Gasteiger partial charge is 0.335 e. The van der Waals surface area contributed by atoms with Gasteiger partial charge in [-0.05, 0) is 32.5 Å². The third kappa shape index (κ3) is 3.63. The molecule has 0 heterocycles. The van der Waals surface area contributed by atoms with Crippen molar-refractivity contribution in [3.05, 3.63) is 0 Å². The SMILES string of the molecule is C[Si](C)(C)OS(=O)C1CCCCC1=O. The van der Waals surface area contributed by atoms with E-state index in [1.807, 2.05) is 19.6 Å². The lowest BCUT2D eigenvalue weighted by Crippen LogP contribution is -2.36. The van der Waals surface area contributed by atoms with Crippen molar-refractivity contribution in [1.29, 1.82) is 0 Å². The summed E-state index contributed by atoms with van der Waals surface area (Å²) in [5.41, 5.74) is 0. The van der Waals surface area contributed by atoms with Crippen molar-refractivity contribution in [2.24, 2.45) is 0 Å². The average molecular weight is 234 g/mol. The Morgan fingerprint density at radius 2 is 2.00 bits per heavy atom. The van der Waals surface area contributed by atoms with Crippen molar-refractivity contribution in [1.82, 2.24) is 0 Å². The normalized spacial score (nSPS) is 26.2. The molecular weight excluding hydrogens is 216 g/mol. The lowest BCUT2D eigenvalue weighted by atomic mass is 9.99. The minimum atomic E-state index is -1.79. The number of ketones is 1. The topological polar surface area (TPSA) is 43.4 Å². The molecule has 5 heteroatoms. The van der Waals surface area contributed by atoms with E-state index in [-0.39, 0.29) is 11.0 Å². The van der Waals surface area contributed by atoms with Gasteiger partial charge in [0.2, 0.25) is 8.32 Å². The summed E-state index contributed by atoms with van der Waals surface area (Å²) < 4.78 is 17.2. The van der Waals surface area contributed by atoms with Gasteiger partial charge in [-0.1, -0.05) is 6.42 Å². The van der Waals surface area contributed by atoms with E-state index in [2.05, 4.69) is 0 Å². The van der Waals surface area contributed by atoms with Crippen LogP contribution in [0.25, 0.3) is 0 Å². The van der Waals surface area contributed by atoms with Gasteiger partial charge >= 0.3 is 0 Å². The molecule has 3 nitrogen and oxygen atoms in total. The number of Topliss-reactive ketones (excluding diaryl/α,β-unsaturated/α-hetero) is 1. The summed E-state index contributed by atoms with van der Waals surface area (Å²) in [7, 11) is -1.79. The van der Waals surface area contributed by atoms with E-state index >= 15 is 0 Å². The summed E-state index contributed by atoms with van der Waals surface area (Å²) in [6.45, 7) is 5.95. The fourth-order valence-electron chi connectivity index (χ4n) is 1.46. The lowest BCUT2D eigenvalue weighted by Gasteiger charge is -2.23. The molecule has 14 heavy (non-hydrogen) atoms. The summed E-state index contributed by atoms with van der Waals surface area (Å²) in [6, 6.07) is 0. The third-order valence-electron chi connectivity index (χ3n) is 2.06. The Morgan fingerprint density at radius 1 is 1.36 bits per heavy atom. The molecular formula is C9H18O3SSi. The van der Waals surface area contributed by atoms with Crippen LogP contribution >= 0.6 is 0 Å². The summed E-state index contributed by atoms with van der Waals surface area (Å²) >= 11 is -1.39. The fraction of sp³-hybridized carbons (Fsp3) is 0.889. The molecule has 2 atom stereocenters. The Hall–Kier alpha value is -0.00312. The van der Waals surface area contributed by atoms with Crippen LogP contribution in [0.2, 0.25) is 19.6 Å². The Labute approximate surface area is 89.0 Å². The van der Waals surface area contributed by atoms with Gasteiger partial charge < -0.3 is 3.87 Å². The molecule has 0 N–H and O–H groups in total. The second kappa shape index (κ2) is 4.68. The van der Waals surface area contributed by atoms with Gasteiger partial charge in [0.1, 0.15) is 5.25 Å². The van der Waals surface area contributed by atoms with Crippen molar-refractivity contribution in [2.45, 2.75) is 50.6 Å². The highest BCUT2D eigenvalue weighted by molar-refractivity contribution is 7.82. The standard InChI is InChI=1S/C9H18O3SSi/c1-14(2,3)12-13(11)9-7-5-4-6-8(9)10/h9H,4-7H2,1-3H3. The zero-order valence-corrected chi connectivity index (χ0v) is 10.9. The summed E-state index contributed by atoms with van der Waals surface area (Å²) in [5, 5.41) is -0.351. The molecule has 0 aromatic carbocycles. The Morgan fingerprint density at radius 3 is 2.50 bits per heavy atom. The van der Waals surface area contributed by atoms with E-state index in [0.29, 0.717) is 6.42 Å². The first kappa shape index (κ1) is 12.1. The number of hydrogen-bond acceptors (Lipinski definition) is 3. The van der Waals surface area contributed by atoms with Crippen LogP contribution in [0.5, 0.6) is 0 Å². The maximum Gasteiger partial charge on any atom is 0.205 e. The van der Waals surface area contributed by atoms with Gasteiger partial charge in [0.25, 0.3) is 0 Å². The maximum absolute atomic E-state index is 11.7. The first-order valence-corrected chi connectivity index (χ1v) is 9.57. The van der Waals surface area contributed by atoms with Crippen LogP contribution in [-0.4, -0.2) is 23.6 Å². The minimum Gasteiger partial charge on any atom is -0.335 e. The van der Waals surface area contributed by atoms with Gasteiger partial charge in [-0.3, -0.25) is 4.79 Å². The van der Waals surface area contributed by atoms with Crippen LogP contribution in [0.15, 0.2) is 0 Å². The van der Waals surface area contributed by atoms with Gasteiger partial charge in [-0.25, -0.2) is 4.21 Å². The molecule has 0 aliphatic heterocycles. The van der Waals surface area contributed by atoms with Gasteiger partial charge in [-0.2, -0.15) is 0 Å². The fourth-order valence-corrected chi connectivity index (χ4v) is 4.59. The molecule has 0 aromatic rings. The second-order valence-electron chi connectivity index (χ2n) is 4.66. The number of carbonyl (C=O) groups excluding carboxylic acids is 1. The average Bonchev–Trinajstić information content (AvgIpc) is 2.01. The monoisotopic (exact) mass is 234 g/mol. The predicted octanol–water partition coefficient (Wildman–Crippen LogP) is 2.01. The van der Waals surface area contributed by atoms with E-state index in [1.165, 1.54) is 0 Å². The molecule has 2 unspecified atom stereocenters. The smallest absolute Gasteiger partial charge is 0.205 e. The van der Waals surface area contributed by atoms with Crippen molar-refractivity contribution >= 4 is 25.2 Å². The quantitative estimate of drug-likeness (QED) is 0.702. The van der Waals surface area contributed by atoms with E-state index in [1.54, 1.807) is 0 Å². The van der Waals surface area contributed by atoms with Crippen molar-refractivity contribution in [3.63, 3.8) is 0 Å². The summed E-state index contributed by atoms with van der Waals surface area (Å²) in [5.74, 6) is 0.118. The van der Waals surface area contributed by atoms with E-state index in [9.17, 15) is 9.00 Å². The molecule has 0 aromatic heterocycles.